The zero-order chi connectivity index (χ0) is 19.6. The Morgan fingerprint density at radius 3 is 2.70 bits per heavy atom. The molecule has 0 aliphatic carbocycles. The summed E-state index contributed by atoms with van der Waals surface area (Å²) in [5.74, 6) is 0.471. The van der Waals surface area contributed by atoms with Crippen molar-refractivity contribution >= 4 is 23.2 Å². The molecule has 1 aliphatic heterocycles. The highest BCUT2D eigenvalue weighted by Crippen LogP contribution is 2.35. The minimum Gasteiger partial charge on any atom is -0.493 e. The number of thiophene rings is 1. The second-order valence-corrected chi connectivity index (χ2v) is 8.32. The lowest BCUT2D eigenvalue weighted by molar-refractivity contribution is -0.124. The maximum absolute atomic E-state index is 13.0. The molecule has 1 aromatic carbocycles. The Morgan fingerprint density at radius 1 is 1.26 bits per heavy atom. The van der Waals surface area contributed by atoms with E-state index >= 15 is 0 Å². The summed E-state index contributed by atoms with van der Waals surface area (Å²) in [5.41, 5.74) is 3.23. The van der Waals surface area contributed by atoms with Crippen LogP contribution >= 0.6 is 11.3 Å². The van der Waals surface area contributed by atoms with Crippen LogP contribution in [0.25, 0.3) is 0 Å². The number of carbonyl (C=O) groups excluding carboxylic acids is 2. The molecule has 1 aromatic heterocycles. The standard InChI is InChI=1S/C21H26N2O3S/c1-12(2)18(23-20(24)17-6-5-9-27-17)21(25)22-16-7-8-26-19-14(4)10-13(3)11-15(16)19/h5-6,9-12,16,18H,7-8H2,1-4H3,(H,22,25)(H,23,24). The van der Waals surface area contributed by atoms with Crippen LogP contribution in [-0.2, 0) is 4.79 Å². The van der Waals surface area contributed by atoms with E-state index in [1.807, 2.05) is 39.1 Å². The lowest BCUT2D eigenvalue weighted by atomic mass is 9.94. The van der Waals surface area contributed by atoms with E-state index in [4.69, 9.17) is 4.74 Å². The maximum atomic E-state index is 13.0. The Bertz CT molecular complexity index is 830. The van der Waals surface area contributed by atoms with Gasteiger partial charge in [-0.05, 0) is 36.8 Å². The van der Waals surface area contributed by atoms with Crippen LogP contribution in [0.15, 0.2) is 29.6 Å². The second kappa shape index (κ2) is 8.13. The fourth-order valence-electron chi connectivity index (χ4n) is 3.44. The number of fused-ring (bicyclic) bond motifs is 1. The first-order valence-corrected chi connectivity index (χ1v) is 10.1. The Kier molecular flexibility index (Phi) is 5.85. The highest BCUT2D eigenvalue weighted by atomic mass is 32.1. The molecule has 5 nitrogen and oxygen atoms in total. The molecular weight excluding hydrogens is 360 g/mol. The average molecular weight is 387 g/mol. The Balaban J connectivity index is 1.76. The summed E-state index contributed by atoms with van der Waals surface area (Å²) in [6.07, 6.45) is 0.714. The molecule has 2 aromatic rings. The number of nitrogens with one attached hydrogen (secondary N) is 2. The van der Waals surface area contributed by atoms with Gasteiger partial charge in [-0.2, -0.15) is 0 Å². The van der Waals surface area contributed by atoms with Crippen LogP contribution in [0.2, 0.25) is 0 Å². The normalized spacial score (nSPS) is 17.0. The zero-order valence-electron chi connectivity index (χ0n) is 16.2. The minimum atomic E-state index is -0.586. The molecule has 0 fully saturated rings. The minimum absolute atomic E-state index is 0.0209. The van der Waals surface area contributed by atoms with Gasteiger partial charge in [0, 0.05) is 12.0 Å². The summed E-state index contributed by atoms with van der Waals surface area (Å²) < 4.78 is 5.82. The molecule has 1 aliphatic rings. The van der Waals surface area contributed by atoms with E-state index in [0.29, 0.717) is 17.9 Å². The Hall–Kier alpha value is -2.34. The second-order valence-electron chi connectivity index (χ2n) is 7.37. The van der Waals surface area contributed by atoms with Gasteiger partial charge in [0.2, 0.25) is 5.91 Å². The van der Waals surface area contributed by atoms with Crippen LogP contribution in [-0.4, -0.2) is 24.5 Å². The predicted octanol–water partition coefficient (Wildman–Crippen LogP) is 3.76. The monoisotopic (exact) mass is 386 g/mol. The summed E-state index contributed by atoms with van der Waals surface area (Å²) in [6.45, 7) is 8.50. The SMILES string of the molecule is Cc1cc(C)c2c(c1)C(NC(=O)C(NC(=O)c1cccs1)C(C)C)CCO2. The van der Waals surface area contributed by atoms with Gasteiger partial charge in [-0.15, -0.1) is 11.3 Å². The first-order valence-electron chi connectivity index (χ1n) is 9.25. The molecule has 0 radical (unpaired) electrons. The number of hydrogen-bond acceptors (Lipinski definition) is 4. The van der Waals surface area contributed by atoms with Crippen LogP contribution in [0, 0.1) is 19.8 Å². The number of hydrogen-bond donors (Lipinski definition) is 2. The van der Waals surface area contributed by atoms with Crippen molar-refractivity contribution in [2.24, 2.45) is 5.92 Å². The van der Waals surface area contributed by atoms with Crippen LogP contribution < -0.4 is 15.4 Å². The highest BCUT2D eigenvalue weighted by Gasteiger charge is 2.30. The Morgan fingerprint density at radius 2 is 2.04 bits per heavy atom. The fraction of sp³-hybridized carbons (Fsp3) is 0.429. The van der Waals surface area contributed by atoms with E-state index in [2.05, 4.69) is 22.8 Å². The van der Waals surface area contributed by atoms with Gasteiger partial charge in [0.15, 0.2) is 0 Å². The molecule has 2 heterocycles. The van der Waals surface area contributed by atoms with Crippen molar-refractivity contribution < 1.29 is 14.3 Å². The summed E-state index contributed by atoms with van der Waals surface area (Å²) in [5, 5.41) is 7.86. The maximum Gasteiger partial charge on any atom is 0.262 e. The van der Waals surface area contributed by atoms with Gasteiger partial charge in [0.1, 0.15) is 11.8 Å². The highest BCUT2D eigenvalue weighted by molar-refractivity contribution is 7.12. The smallest absolute Gasteiger partial charge is 0.262 e. The van der Waals surface area contributed by atoms with Gasteiger partial charge in [-0.1, -0.05) is 37.6 Å². The molecule has 2 amide bonds. The van der Waals surface area contributed by atoms with Crippen molar-refractivity contribution in [3.05, 3.63) is 51.2 Å². The summed E-state index contributed by atoms with van der Waals surface area (Å²) in [4.78, 5) is 26.0. The summed E-state index contributed by atoms with van der Waals surface area (Å²) in [7, 11) is 0. The lowest BCUT2D eigenvalue weighted by Gasteiger charge is -2.30. The zero-order valence-corrected chi connectivity index (χ0v) is 17.0. The first-order chi connectivity index (χ1) is 12.9. The van der Waals surface area contributed by atoms with Crippen LogP contribution in [0.5, 0.6) is 5.75 Å². The van der Waals surface area contributed by atoms with Gasteiger partial charge in [-0.25, -0.2) is 0 Å². The van der Waals surface area contributed by atoms with Crippen molar-refractivity contribution in [2.75, 3.05) is 6.61 Å². The molecule has 27 heavy (non-hydrogen) atoms. The van der Waals surface area contributed by atoms with Gasteiger partial charge < -0.3 is 15.4 Å². The third-order valence-corrected chi connectivity index (χ3v) is 5.64. The number of aryl methyl sites for hydroxylation is 2. The molecule has 0 saturated heterocycles. The molecule has 2 atom stereocenters. The van der Waals surface area contributed by atoms with Crippen molar-refractivity contribution in [3.8, 4) is 5.75 Å². The van der Waals surface area contributed by atoms with E-state index in [-0.39, 0.29) is 23.8 Å². The third-order valence-electron chi connectivity index (χ3n) is 4.77. The number of rotatable bonds is 5. The van der Waals surface area contributed by atoms with Gasteiger partial charge in [-0.3, -0.25) is 9.59 Å². The van der Waals surface area contributed by atoms with Crippen LogP contribution in [0.4, 0.5) is 0 Å². The van der Waals surface area contributed by atoms with Gasteiger partial charge >= 0.3 is 0 Å². The van der Waals surface area contributed by atoms with Crippen LogP contribution in [0.3, 0.4) is 0 Å². The molecule has 0 spiro atoms. The molecule has 144 valence electrons. The summed E-state index contributed by atoms with van der Waals surface area (Å²) >= 11 is 1.37. The molecular formula is C21H26N2O3S. The number of ether oxygens (including phenoxy) is 1. The van der Waals surface area contributed by atoms with Crippen molar-refractivity contribution in [3.63, 3.8) is 0 Å². The topological polar surface area (TPSA) is 67.4 Å². The molecule has 0 bridgehead atoms. The molecule has 2 unspecified atom stereocenters. The number of carbonyl (C=O) groups is 2. The summed E-state index contributed by atoms with van der Waals surface area (Å²) in [6, 6.07) is 7.04. The molecule has 3 rings (SSSR count). The van der Waals surface area contributed by atoms with E-state index in [0.717, 1.165) is 22.4 Å². The molecule has 2 N–H and O–H groups in total. The predicted molar refractivity (Wildman–Crippen MR) is 107 cm³/mol. The van der Waals surface area contributed by atoms with E-state index in [1.54, 1.807) is 6.07 Å². The van der Waals surface area contributed by atoms with Crippen molar-refractivity contribution in [2.45, 2.75) is 46.2 Å². The average Bonchev–Trinajstić information content (AvgIpc) is 3.14. The van der Waals surface area contributed by atoms with Crippen molar-refractivity contribution in [1.29, 1.82) is 0 Å². The van der Waals surface area contributed by atoms with E-state index in [1.165, 1.54) is 11.3 Å². The van der Waals surface area contributed by atoms with Crippen molar-refractivity contribution in [1.82, 2.24) is 10.6 Å². The van der Waals surface area contributed by atoms with Gasteiger partial charge in [0.05, 0.1) is 17.5 Å². The third kappa shape index (κ3) is 4.33. The van der Waals surface area contributed by atoms with E-state index in [9.17, 15) is 9.59 Å². The molecule has 6 heteroatoms. The Labute approximate surface area is 164 Å². The molecule has 0 saturated carbocycles. The first kappa shape index (κ1) is 19.4. The van der Waals surface area contributed by atoms with Crippen LogP contribution in [0.1, 0.15) is 52.7 Å². The number of amides is 2. The fourth-order valence-corrected chi connectivity index (χ4v) is 4.07. The quantitative estimate of drug-likeness (QED) is 0.822. The number of benzene rings is 1. The lowest BCUT2D eigenvalue weighted by Crippen LogP contribution is -2.50. The van der Waals surface area contributed by atoms with Gasteiger partial charge in [0.25, 0.3) is 5.91 Å². The largest absolute Gasteiger partial charge is 0.493 e. The van der Waals surface area contributed by atoms with E-state index < -0.39 is 6.04 Å².